The monoisotopic (exact) mass is 409 g/mol. The van der Waals surface area contributed by atoms with Crippen LogP contribution in [0.4, 0.5) is 5.69 Å². The third-order valence-corrected chi connectivity index (χ3v) is 5.58. The molecule has 0 aliphatic carbocycles. The van der Waals surface area contributed by atoms with Crippen molar-refractivity contribution in [2.24, 2.45) is 0 Å². The molecule has 1 fully saturated rings. The Kier molecular flexibility index (Phi) is 5.37. The van der Waals surface area contributed by atoms with Crippen molar-refractivity contribution in [3.8, 4) is 11.1 Å². The lowest BCUT2D eigenvalue weighted by molar-refractivity contribution is 0.102. The summed E-state index contributed by atoms with van der Waals surface area (Å²) in [4.78, 5) is 28.5. The highest BCUT2D eigenvalue weighted by atomic mass is 16.1. The number of amides is 1. The van der Waals surface area contributed by atoms with E-state index in [2.05, 4.69) is 26.3 Å². The molecule has 5 rings (SSSR count). The maximum absolute atomic E-state index is 12.7. The van der Waals surface area contributed by atoms with E-state index in [-0.39, 0.29) is 5.91 Å². The number of anilines is 1. The second-order valence-corrected chi connectivity index (χ2v) is 7.79. The molecule has 1 aromatic carbocycles. The van der Waals surface area contributed by atoms with Gasteiger partial charge in [0.05, 0.1) is 23.1 Å². The predicted molar refractivity (Wildman–Crippen MR) is 122 cm³/mol. The van der Waals surface area contributed by atoms with Gasteiger partial charge in [-0.05, 0) is 61.8 Å². The van der Waals surface area contributed by atoms with Gasteiger partial charge in [-0.1, -0.05) is 24.3 Å². The SMILES string of the molecule is O=C(Nc1cccnc1)c1ccc2cccc(-c3ccnc(CN4CCCC4)c3)c2n1. The smallest absolute Gasteiger partial charge is 0.274 e. The van der Waals surface area contributed by atoms with Crippen molar-refractivity contribution < 1.29 is 4.79 Å². The number of carbonyl (C=O) groups is 1. The molecule has 0 unspecified atom stereocenters. The number of para-hydroxylation sites is 1. The average molecular weight is 409 g/mol. The van der Waals surface area contributed by atoms with Gasteiger partial charge in [0, 0.05) is 29.9 Å². The summed E-state index contributed by atoms with van der Waals surface area (Å²) in [5, 5.41) is 3.85. The summed E-state index contributed by atoms with van der Waals surface area (Å²) in [6.07, 6.45) is 7.67. The van der Waals surface area contributed by atoms with Crippen LogP contribution in [0.25, 0.3) is 22.0 Å². The van der Waals surface area contributed by atoms with Crippen molar-refractivity contribution in [1.29, 1.82) is 0 Å². The molecule has 4 heterocycles. The van der Waals surface area contributed by atoms with Crippen LogP contribution < -0.4 is 5.32 Å². The van der Waals surface area contributed by atoms with Crippen LogP contribution in [-0.4, -0.2) is 38.8 Å². The summed E-state index contributed by atoms with van der Waals surface area (Å²) >= 11 is 0. The molecule has 1 amide bonds. The number of hydrogen-bond acceptors (Lipinski definition) is 5. The van der Waals surface area contributed by atoms with Crippen LogP contribution in [0.15, 0.2) is 73.2 Å². The molecule has 1 saturated heterocycles. The molecule has 6 heteroatoms. The van der Waals surface area contributed by atoms with Gasteiger partial charge >= 0.3 is 0 Å². The predicted octanol–water partition coefficient (Wildman–Crippen LogP) is 4.54. The van der Waals surface area contributed by atoms with Crippen LogP contribution in [0.5, 0.6) is 0 Å². The Labute approximate surface area is 181 Å². The molecule has 4 aromatic rings. The summed E-state index contributed by atoms with van der Waals surface area (Å²) in [7, 11) is 0. The van der Waals surface area contributed by atoms with Crippen LogP contribution in [0.2, 0.25) is 0 Å². The molecule has 0 spiro atoms. The number of hydrogen-bond donors (Lipinski definition) is 1. The maximum Gasteiger partial charge on any atom is 0.274 e. The number of nitrogens with one attached hydrogen (secondary N) is 1. The van der Waals surface area contributed by atoms with Gasteiger partial charge in [-0.25, -0.2) is 4.98 Å². The lowest BCUT2D eigenvalue weighted by Gasteiger charge is -2.15. The van der Waals surface area contributed by atoms with E-state index in [4.69, 9.17) is 4.98 Å². The lowest BCUT2D eigenvalue weighted by Crippen LogP contribution is -2.19. The Bertz CT molecular complexity index is 1220. The molecule has 31 heavy (non-hydrogen) atoms. The first-order valence-corrected chi connectivity index (χ1v) is 10.5. The van der Waals surface area contributed by atoms with Gasteiger partial charge in [0.1, 0.15) is 5.69 Å². The zero-order chi connectivity index (χ0) is 21.0. The summed E-state index contributed by atoms with van der Waals surface area (Å²) in [5.74, 6) is -0.255. The van der Waals surface area contributed by atoms with Crippen LogP contribution >= 0.6 is 0 Å². The molecular weight excluding hydrogens is 386 g/mol. The number of pyridine rings is 3. The van der Waals surface area contributed by atoms with Crippen molar-refractivity contribution in [3.05, 3.63) is 84.6 Å². The van der Waals surface area contributed by atoms with Crippen LogP contribution in [-0.2, 0) is 6.54 Å². The second kappa shape index (κ2) is 8.62. The quantitative estimate of drug-likeness (QED) is 0.524. The van der Waals surface area contributed by atoms with Crippen LogP contribution in [0, 0.1) is 0 Å². The standard InChI is InChI=1S/C25H23N5O/c31-25(28-20-6-4-11-26-16-20)23-9-8-18-5-3-7-22(24(18)29-23)19-10-12-27-21(15-19)17-30-13-1-2-14-30/h3-12,15-16H,1-2,13-14,17H2,(H,28,31). The van der Waals surface area contributed by atoms with E-state index in [0.29, 0.717) is 11.4 Å². The van der Waals surface area contributed by atoms with Crippen molar-refractivity contribution in [1.82, 2.24) is 19.9 Å². The van der Waals surface area contributed by atoms with E-state index in [9.17, 15) is 4.79 Å². The fourth-order valence-corrected chi connectivity index (χ4v) is 4.04. The van der Waals surface area contributed by atoms with Crippen molar-refractivity contribution >= 4 is 22.5 Å². The first-order valence-electron chi connectivity index (χ1n) is 10.5. The topological polar surface area (TPSA) is 71.0 Å². The van der Waals surface area contributed by atoms with Crippen molar-refractivity contribution in [2.75, 3.05) is 18.4 Å². The summed E-state index contributed by atoms with van der Waals surface area (Å²) in [5.41, 5.74) is 4.94. The Balaban J connectivity index is 1.48. The van der Waals surface area contributed by atoms with Crippen molar-refractivity contribution in [2.45, 2.75) is 19.4 Å². The molecule has 1 aliphatic heterocycles. The molecule has 154 valence electrons. The first-order chi connectivity index (χ1) is 15.3. The Morgan fingerprint density at radius 3 is 2.74 bits per heavy atom. The molecule has 1 N–H and O–H groups in total. The third-order valence-electron chi connectivity index (χ3n) is 5.58. The molecule has 0 saturated carbocycles. The highest BCUT2D eigenvalue weighted by Crippen LogP contribution is 2.28. The molecule has 1 aliphatic rings. The van der Waals surface area contributed by atoms with Crippen LogP contribution in [0.3, 0.4) is 0 Å². The van der Waals surface area contributed by atoms with E-state index >= 15 is 0 Å². The molecule has 0 bridgehead atoms. The van der Waals surface area contributed by atoms with Gasteiger partial charge in [0.2, 0.25) is 0 Å². The van der Waals surface area contributed by atoms with Gasteiger partial charge in [-0.3, -0.25) is 19.7 Å². The summed E-state index contributed by atoms with van der Waals surface area (Å²) in [6, 6.07) is 17.5. The number of fused-ring (bicyclic) bond motifs is 1. The number of rotatable bonds is 5. The van der Waals surface area contributed by atoms with E-state index < -0.39 is 0 Å². The zero-order valence-corrected chi connectivity index (χ0v) is 17.2. The van der Waals surface area contributed by atoms with E-state index in [1.165, 1.54) is 12.8 Å². The molecule has 0 radical (unpaired) electrons. The molecule has 6 nitrogen and oxygen atoms in total. The van der Waals surface area contributed by atoms with E-state index in [1.54, 1.807) is 30.6 Å². The average Bonchev–Trinajstić information content (AvgIpc) is 3.32. The minimum Gasteiger partial charge on any atom is -0.319 e. The number of carbonyl (C=O) groups excluding carboxylic acids is 1. The van der Waals surface area contributed by atoms with Crippen molar-refractivity contribution in [3.63, 3.8) is 0 Å². The minimum absolute atomic E-state index is 0.255. The zero-order valence-electron chi connectivity index (χ0n) is 17.2. The molecule has 3 aromatic heterocycles. The van der Waals surface area contributed by atoms with Gasteiger partial charge in [-0.2, -0.15) is 0 Å². The second-order valence-electron chi connectivity index (χ2n) is 7.79. The van der Waals surface area contributed by atoms with E-state index in [0.717, 1.165) is 47.4 Å². The summed E-state index contributed by atoms with van der Waals surface area (Å²) < 4.78 is 0. The largest absolute Gasteiger partial charge is 0.319 e. The van der Waals surface area contributed by atoms with Crippen LogP contribution in [0.1, 0.15) is 29.0 Å². The third kappa shape index (κ3) is 4.29. The highest BCUT2D eigenvalue weighted by Gasteiger charge is 2.15. The fraction of sp³-hybridized carbons (Fsp3) is 0.200. The van der Waals surface area contributed by atoms with Gasteiger partial charge in [-0.15, -0.1) is 0 Å². The highest BCUT2D eigenvalue weighted by molar-refractivity contribution is 6.05. The fourth-order valence-electron chi connectivity index (χ4n) is 4.04. The number of nitrogens with zero attached hydrogens (tertiary/aromatic N) is 4. The number of likely N-dealkylation sites (tertiary alicyclic amines) is 1. The lowest BCUT2D eigenvalue weighted by atomic mass is 10.0. The molecular formula is C25H23N5O. The number of aromatic nitrogens is 3. The maximum atomic E-state index is 12.7. The minimum atomic E-state index is -0.255. The van der Waals surface area contributed by atoms with Gasteiger partial charge in [0.15, 0.2) is 0 Å². The Morgan fingerprint density at radius 2 is 1.90 bits per heavy atom. The first kappa shape index (κ1) is 19.3. The molecule has 0 atom stereocenters. The van der Waals surface area contributed by atoms with Gasteiger partial charge in [0.25, 0.3) is 5.91 Å². The normalized spacial score (nSPS) is 14.1. The number of benzene rings is 1. The Morgan fingerprint density at radius 1 is 1.00 bits per heavy atom. The van der Waals surface area contributed by atoms with Gasteiger partial charge < -0.3 is 5.32 Å². The summed E-state index contributed by atoms with van der Waals surface area (Å²) in [6.45, 7) is 3.14. The Hall–Kier alpha value is -3.64. The van der Waals surface area contributed by atoms with E-state index in [1.807, 2.05) is 36.5 Å².